The normalized spacial score (nSPS) is 13.2. The Morgan fingerprint density at radius 3 is 2.91 bits per heavy atom. The lowest BCUT2D eigenvalue weighted by atomic mass is 10.0. The van der Waals surface area contributed by atoms with E-state index in [-0.39, 0.29) is 11.5 Å². The molecule has 3 aromatic heterocycles. The van der Waals surface area contributed by atoms with Crippen LogP contribution in [0.3, 0.4) is 0 Å². The Morgan fingerprint density at radius 2 is 2.12 bits per heavy atom. The summed E-state index contributed by atoms with van der Waals surface area (Å²) in [7, 11) is 0. The number of amides is 1. The van der Waals surface area contributed by atoms with Gasteiger partial charge < -0.3 is 19.8 Å². The molecule has 1 aliphatic heterocycles. The molecule has 4 aromatic rings. The zero-order valence-corrected chi connectivity index (χ0v) is 17.8. The molecule has 1 aliphatic rings. The molecule has 1 aromatic carbocycles. The van der Waals surface area contributed by atoms with Gasteiger partial charge in [-0.25, -0.2) is 9.78 Å². The molecular weight excluding hydrogens is 424 g/mol. The number of nitrogens with one attached hydrogen (secondary N) is 1. The van der Waals surface area contributed by atoms with Crippen LogP contribution < -0.4 is 5.32 Å². The van der Waals surface area contributed by atoms with Crippen LogP contribution in [0, 0.1) is 6.92 Å². The Bertz CT molecular complexity index is 1380. The quantitative estimate of drug-likeness (QED) is 0.460. The number of carboxylic acid groups (broad SMARTS) is 1. The largest absolute Gasteiger partial charge is 0.478 e. The molecular formula is C23H20N6O4. The van der Waals surface area contributed by atoms with Crippen LogP contribution >= 0.6 is 0 Å². The first-order valence-corrected chi connectivity index (χ1v) is 10.4. The molecule has 10 heteroatoms. The first-order chi connectivity index (χ1) is 16.0. The maximum Gasteiger partial charge on any atom is 0.337 e. The predicted octanol–water partition coefficient (Wildman–Crippen LogP) is 2.80. The highest BCUT2D eigenvalue weighted by molar-refractivity contribution is 5.99. The molecule has 0 atom stereocenters. The minimum Gasteiger partial charge on any atom is -0.478 e. The zero-order valence-electron chi connectivity index (χ0n) is 17.8. The number of hydrogen-bond acceptors (Lipinski definition) is 8. The third-order valence-corrected chi connectivity index (χ3v) is 5.58. The van der Waals surface area contributed by atoms with Gasteiger partial charge in [-0.2, -0.15) is 4.98 Å². The van der Waals surface area contributed by atoms with Crippen molar-refractivity contribution >= 4 is 28.5 Å². The number of pyridine rings is 2. The van der Waals surface area contributed by atoms with Gasteiger partial charge in [0.05, 0.1) is 16.8 Å². The number of carbonyl (C=O) groups is 2. The number of aromatic carboxylic acids is 1. The topological polar surface area (TPSA) is 134 Å². The monoisotopic (exact) mass is 444 g/mol. The van der Waals surface area contributed by atoms with E-state index >= 15 is 0 Å². The highest BCUT2D eigenvalue weighted by Gasteiger charge is 2.26. The van der Waals surface area contributed by atoms with E-state index in [2.05, 4.69) is 25.4 Å². The smallest absolute Gasteiger partial charge is 0.337 e. The van der Waals surface area contributed by atoms with Gasteiger partial charge in [0.1, 0.15) is 5.82 Å². The Hall–Kier alpha value is -4.34. The van der Waals surface area contributed by atoms with Crippen LogP contribution in [-0.2, 0) is 6.42 Å². The fourth-order valence-corrected chi connectivity index (χ4v) is 3.89. The second kappa shape index (κ2) is 8.30. The molecule has 33 heavy (non-hydrogen) atoms. The maximum absolute atomic E-state index is 12.9. The number of fused-ring (bicyclic) bond motifs is 2. The van der Waals surface area contributed by atoms with Crippen molar-refractivity contribution in [3.8, 4) is 11.4 Å². The Kier molecular flexibility index (Phi) is 5.17. The summed E-state index contributed by atoms with van der Waals surface area (Å²) >= 11 is 0. The maximum atomic E-state index is 12.9. The average Bonchev–Trinajstić information content (AvgIpc) is 3.26. The molecule has 10 nitrogen and oxygen atoms in total. The number of carbonyl (C=O) groups excluding carboxylic acids is 1. The fourth-order valence-electron chi connectivity index (χ4n) is 3.89. The van der Waals surface area contributed by atoms with Crippen molar-refractivity contribution in [1.29, 1.82) is 0 Å². The van der Waals surface area contributed by atoms with Crippen LogP contribution in [-0.4, -0.2) is 61.6 Å². The number of carboxylic acids is 1. The van der Waals surface area contributed by atoms with Crippen molar-refractivity contribution in [1.82, 2.24) is 25.0 Å². The lowest BCUT2D eigenvalue weighted by molar-refractivity contribution is 0.0696. The molecule has 4 heterocycles. The van der Waals surface area contributed by atoms with E-state index in [1.165, 1.54) is 12.3 Å². The molecule has 5 rings (SSSR count). The Balaban J connectivity index is 1.32. The summed E-state index contributed by atoms with van der Waals surface area (Å²) in [6.45, 7) is 3.18. The molecule has 0 fully saturated rings. The van der Waals surface area contributed by atoms with Crippen LogP contribution in [0.5, 0.6) is 0 Å². The number of aryl methyl sites for hydroxylation is 1. The van der Waals surface area contributed by atoms with Crippen molar-refractivity contribution in [3.05, 3.63) is 65.4 Å². The van der Waals surface area contributed by atoms with Gasteiger partial charge in [-0.05, 0) is 23.6 Å². The van der Waals surface area contributed by atoms with Crippen LogP contribution in [0.4, 0.5) is 5.82 Å². The zero-order chi connectivity index (χ0) is 22.9. The second-order valence-corrected chi connectivity index (χ2v) is 7.72. The van der Waals surface area contributed by atoms with E-state index in [1.54, 1.807) is 18.0 Å². The molecule has 166 valence electrons. The lowest BCUT2D eigenvalue weighted by Crippen LogP contribution is -2.40. The summed E-state index contributed by atoms with van der Waals surface area (Å²) in [4.78, 5) is 38.7. The first kappa shape index (κ1) is 20.6. The van der Waals surface area contributed by atoms with Crippen LogP contribution in [0.1, 0.15) is 32.3 Å². The van der Waals surface area contributed by atoms with Crippen LogP contribution in [0.2, 0.25) is 0 Å². The average molecular weight is 444 g/mol. The van der Waals surface area contributed by atoms with Crippen molar-refractivity contribution < 1.29 is 19.2 Å². The van der Waals surface area contributed by atoms with E-state index < -0.39 is 5.97 Å². The molecule has 0 unspecified atom stereocenters. The van der Waals surface area contributed by atoms with E-state index in [1.807, 2.05) is 24.3 Å². The van der Waals surface area contributed by atoms with Gasteiger partial charge in [0.15, 0.2) is 0 Å². The predicted molar refractivity (Wildman–Crippen MR) is 119 cm³/mol. The molecule has 0 aliphatic carbocycles. The highest BCUT2D eigenvalue weighted by atomic mass is 16.5. The van der Waals surface area contributed by atoms with E-state index in [0.717, 1.165) is 16.3 Å². The Labute approximate surface area is 188 Å². The van der Waals surface area contributed by atoms with Crippen LogP contribution in [0.25, 0.3) is 22.2 Å². The third-order valence-electron chi connectivity index (χ3n) is 5.58. The molecule has 0 saturated carbocycles. The number of hydrogen-bond donors (Lipinski definition) is 2. The van der Waals surface area contributed by atoms with Crippen LogP contribution in [0.15, 0.2) is 47.2 Å². The van der Waals surface area contributed by atoms with Gasteiger partial charge in [-0.1, -0.05) is 17.3 Å². The highest BCUT2D eigenvalue weighted by Crippen LogP contribution is 2.27. The van der Waals surface area contributed by atoms with Crippen molar-refractivity contribution in [2.45, 2.75) is 13.3 Å². The third kappa shape index (κ3) is 3.98. The summed E-state index contributed by atoms with van der Waals surface area (Å²) < 4.78 is 5.08. The summed E-state index contributed by atoms with van der Waals surface area (Å²) in [5, 5.41) is 18.4. The number of nitrogens with zero attached hydrogens (tertiary/aromatic N) is 5. The van der Waals surface area contributed by atoms with E-state index in [0.29, 0.717) is 54.8 Å². The van der Waals surface area contributed by atoms with Gasteiger partial charge in [-0.15, -0.1) is 0 Å². The summed E-state index contributed by atoms with van der Waals surface area (Å²) in [5.41, 5.74) is 1.81. The summed E-state index contributed by atoms with van der Waals surface area (Å²) in [6, 6.07) is 9.18. The van der Waals surface area contributed by atoms with Gasteiger partial charge in [0.25, 0.3) is 5.91 Å². The fraction of sp³-hybridized carbons (Fsp3) is 0.217. The number of anilines is 1. The number of rotatable bonds is 6. The lowest BCUT2D eigenvalue weighted by Gasteiger charge is -2.28. The summed E-state index contributed by atoms with van der Waals surface area (Å²) in [5.74, 6) is 0.377. The minimum absolute atomic E-state index is 0.00892. The second-order valence-electron chi connectivity index (χ2n) is 7.72. The minimum atomic E-state index is -1.10. The molecule has 1 amide bonds. The molecule has 0 saturated heterocycles. The van der Waals surface area contributed by atoms with Crippen molar-refractivity contribution in [2.24, 2.45) is 0 Å². The van der Waals surface area contributed by atoms with E-state index in [9.17, 15) is 14.7 Å². The molecule has 0 spiro atoms. The molecule has 2 N–H and O–H groups in total. The number of aromatic nitrogens is 4. The molecule has 0 radical (unpaired) electrons. The van der Waals surface area contributed by atoms with Gasteiger partial charge in [0, 0.05) is 56.3 Å². The number of benzene rings is 1. The molecule has 0 bridgehead atoms. The van der Waals surface area contributed by atoms with Crippen molar-refractivity contribution in [2.75, 3.05) is 25.0 Å². The van der Waals surface area contributed by atoms with Gasteiger partial charge in [-0.3, -0.25) is 9.78 Å². The Morgan fingerprint density at radius 1 is 1.24 bits per heavy atom. The van der Waals surface area contributed by atoms with Gasteiger partial charge >= 0.3 is 5.97 Å². The van der Waals surface area contributed by atoms with E-state index in [4.69, 9.17) is 4.52 Å². The van der Waals surface area contributed by atoms with Gasteiger partial charge in [0.2, 0.25) is 11.7 Å². The summed E-state index contributed by atoms with van der Waals surface area (Å²) in [6.07, 6.45) is 3.60. The standard InChI is InChI=1S/C23H20N6O4/c1-13-27-20(28-33-13)15-3-2-14-4-6-24-21(17(14)10-15)25-7-9-29-8-5-19-18(22(29)30)11-16(12-26-19)23(31)32/h2-4,6,10-12H,5,7-9H2,1H3,(H,24,25)(H,31,32). The first-order valence-electron chi connectivity index (χ1n) is 10.4. The van der Waals surface area contributed by atoms with Crippen molar-refractivity contribution in [3.63, 3.8) is 0 Å². The SMILES string of the molecule is Cc1nc(-c2ccc3ccnc(NCCN4CCc5ncc(C(=O)O)cc5C4=O)c3c2)no1.